The first kappa shape index (κ1) is 21.1. The van der Waals surface area contributed by atoms with Gasteiger partial charge in [0.05, 0.1) is 23.8 Å². The average Bonchev–Trinajstić information content (AvgIpc) is 2.75. The molecular formula is C20H23N5O5. The minimum atomic E-state index is -0.912. The summed E-state index contributed by atoms with van der Waals surface area (Å²) in [4.78, 5) is 39.3. The maximum atomic E-state index is 12.2. The maximum Gasteiger partial charge on any atom is 0.314 e. The second-order valence-corrected chi connectivity index (χ2v) is 6.89. The zero-order valence-corrected chi connectivity index (χ0v) is 16.8. The number of anilines is 3. The van der Waals surface area contributed by atoms with E-state index in [-0.39, 0.29) is 17.1 Å². The molecule has 10 nitrogen and oxygen atoms in total. The van der Waals surface area contributed by atoms with Crippen molar-refractivity contribution in [3.63, 3.8) is 0 Å². The van der Waals surface area contributed by atoms with Gasteiger partial charge in [-0.3, -0.25) is 19.7 Å². The predicted octanol–water partition coefficient (Wildman–Crippen LogP) is 1.93. The lowest BCUT2D eigenvalue weighted by atomic mass is 10.2. The number of ether oxygens (including phenoxy) is 1. The van der Waals surface area contributed by atoms with E-state index in [0.29, 0.717) is 5.69 Å². The summed E-state index contributed by atoms with van der Waals surface area (Å²) in [6.45, 7) is 3.85. The van der Waals surface area contributed by atoms with E-state index >= 15 is 0 Å². The molecule has 1 aliphatic rings. The smallest absolute Gasteiger partial charge is 0.314 e. The van der Waals surface area contributed by atoms with Gasteiger partial charge in [0.25, 0.3) is 5.69 Å². The Balaban J connectivity index is 1.60. The third-order valence-corrected chi connectivity index (χ3v) is 4.84. The summed E-state index contributed by atoms with van der Waals surface area (Å²) in [6, 6.07) is 11.0. The summed E-state index contributed by atoms with van der Waals surface area (Å²) >= 11 is 0. The molecule has 2 aromatic rings. The zero-order valence-electron chi connectivity index (χ0n) is 16.8. The summed E-state index contributed by atoms with van der Waals surface area (Å²) in [5, 5.41) is 15.8. The van der Waals surface area contributed by atoms with Crippen LogP contribution in [0.2, 0.25) is 0 Å². The highest BCUT2D eigenvalue weighted by atomic mass is 16.6. The van der Waals surface area contributed by atoms with Crippen LogP contribution >= 0.6 is 0 Å². The Morgan fingerprint density at radius 3 is 2.23 bits per heavy atom. The van der Waals surface area contributed by atoms with E-state index in [1.807, 2.05) is 12.1 Å². The number of hydrogen-bond acceptors (Lipinski definition) is 7. The number of likely N-dealkylation sites (N-methyl/N-ethyl adjacent to an activating group) is 1. The Labute approximate surface area is 173 Å². The summed E-state index contributed by atoms with van der Waals surface area (Å²) in [6.07, 6.45) is 0. The fraction of sp³-hybridized carbons (Fsp3) is 0.300. The molecule has 0 bridgehead atoms. The Morgan fingerprint density at radius 2 is 1.63 bits per heavy atom. The number of carbonyl (C=O) groups is 2. The molecule has 2 N–H and O–H groups in total. The van der Waals surface area contributed by atoms with Crippen molar-refractivity contribution in [2.75, 3.05) is 55.9 Å². The number of nitrogens with one attached hydrogen (secondary N) is 2. The highest BCUT2D eigenvalue weighted by Gasteiger charge is 2.19. The Bertz CT molecular complexity index is 939. The van der Waals surface area contributed by atoms with Crippen LogP contribution in [0, 0.1) is 10.1 Å². The van der Waals surface area contributed by atoms with Gasteiger partial charge < -0.3 is 25.2 Å². The van der Waals surface area contributed by atoms with Gasteiger partial charge in [-0.1, -0.05) is 0 Å². The number of hydrogen-bond donors (Lipinski definition) is 2. The van der Waals surface area contributed by atoms with E-state index < -0.39 is 16.7 Å². The molecule has 0 radical (unpaired) electrons. The molecule has 1 heterocycles. The van der Waals surface area contributed by atoms with Crippen LogP contribution in [0.5, 0.6) is 5.75 Å². The number of rotatable bonds is 5. The second-order valence-electron chi connectivity index (χ2n) is 6.89. The topological polar surface area (TPSA) is 117 Å². The lowest BCUT2D eigenvalue weighted by Crippen LogP contribution is -2.44. The molecule has 30 heavy (non-hydrogen) atoms. The molecule has 0 saturated carbocycles. The molecule has 0 spiro atoms. The summed E-state index contributed by atoms with van der Waals surface area (Å²) in [5.41, 5.74) is 1.52. The summed E-state index contributed by atoms with van der Waals surface area (Å²) in [7, 11) is 3.41. The monoisotopic (exact) mass is 413 g/mol. The maximum absolute atomic E-state index is 12.2. The Morgan fingerprint density at radius 1 is 1.00 bits per heavy atom. The Kier molecular flexibility index (Phi) is 6.48. The molecule has 0 aromatic heterocycles. The van der Waals surface area contributed by atoms with E-state index in [4.69, 9.17) is 4.74 Å². The molecule has 158 valence electrons. The fourth-order valence-electron chi connectivity index (χ4n) is 3.08. The summed E-state index contributed by atoms with van der Waals surface area (Å²) in [5.74, 6) is -1.69. The molecule has 2 amide bonds. The minimum absolute atomic E-state index is 0.0851. The third-order valence-electron chi connectivity index (χ3n) is 4.84. The molecule has 0 atom stereocenters. The number of non-ortho nitro benzene ring substituents is 1. The number of amides is 2. The zero-order chi connectivity index (χ0) is 21.7. The predicted molar refractivity (Wildman–Crippen MR) is 113 cm³/mol. The van der Waals surface area contributed by atoms with Crippen molar-refractivity contribution in [1.82, 2.24) is 4.90 Å². The van der Waals surface area contributed by atoms with E-state index in [1.54, 1.807) is 12.1 Å². The second kappa shape index (κ2) is 9.23. The first-order valence-electron chi connectivity index (χ1n) is 9.35. The first-order chi connectivity index (χ1) is 14.4. The molecular weight excluding hydrogens is 390 g/mol. The molecule has 1 aliphatic heterocycles. The van der Waals surface area contributed by atoms with Crippen LogP contribution in [-0.4, -0.2) is 62.0 Å². The van der Waals surface area contributed by atoms with Crippen LogP contribution in [-0.2, 0) is 9.59 Å². The lowest BCUT2D eigenvalue weighted by Gasteiger charge is -2.34. The molecule has 10 heteroatoms. The number of piperazine rings is 1. The van der Waals surface area contributed by atoms with Crippen molar-refractivity contribution in [2.45, 2.75) is 0 Å². The average molecular weight is 413 g/mol. The van der Waals surface area contributed by atoms with Gasteiger partial charge in [0, 0.05) is 43.6 Å². The van der Waals surface area contributed by atoms with Gasteiger partial charge in [0.1, 0.15) is 5.75 Å². The molecule has 0 aliphatic carbocycles. The number of methoxy groups -OCH3 is 1. The van der Waals surface area contributed by atoms with Crippen molar-refractivity contribution in [2.24, 2.45) is 0 Å². The van der Waals surface area contributed by atoms with Crippen LogP contribution in [0.25, 0.3) is 0 Å². The van der Waals surface area contributed by atoms with E-state index in [0.717, 1.165) is 31.9 Å². The van der Waals surface area contributed by atoms with Gasteiger partial charge in [-0.25, -0.2) is 0 Å². The SMILES string of the molecule is COc1cc([N+](=O)[O-])ccc1NC(=O)C(=O)Nc1ccc(N2CCN(C)CC2)cc1. The first-order valence-corrected chi connectivity index (χ1v) is 9.35. The quantitative estimate of drug-likeness (QED) is 0.437. The van der Waals surface area contributed by atoms with E-state index in [1.165, 1.54) is 25.3 Å². The van der Waals surface area contributed by atoms with Gasteiger partial charge >= 0.3 is 11.8 Å². The molecule has 0 unspecified atom stereocenters. The van der Waals surface area contributed by atoms with Crippen molar-refractivity contribution < 1.29 is 19.2 Å². The molecule has 2 aromatic carbocycles. The largest absolute Gasteiger partial charge is 0.494 e. The third kappa shape index (κ3) is 5.03. The van der Waals surface area contributed by atoms with E-state index in [2.05, 4.69) is 27.5 Å². The number of nitro benzene ring substituents is 1. The van der Waals surface area contributed by atoms with E-state index in [9.17, 15) is 19.7 Å². The van der Waals surface area contributed by atoms with Gasteiger partial charge in [0.2, 0.25) is 0 Å². The van der Waals surface area contributed by atoms with Crippen LogP contribution < -0.4 is 20.3 Å². The van der Waals surface area contributed by atoms with Gasteiger partial charge in [-0.05, 0) is 37.4 Å². The van der Waals surface area contributed by atoms with Crippen LogP contribution in [0.3, 0.4) is 0 Å². The van der Waals surface area contributed by atoms with Gasteiger partial charge in [-0.2, -0.15) is 0 Å². The van der Waals surface area contributed by atoms with Crippen LogP contribution in [0.4, 0.5) is 22.7 Å². The molecule has 1 fully saturated rings. The molecule has 1 saturated heterocycles. The van der Waals surface area contributed by atoms with Crippen molar-refractivity contribution >= 4 is 34.6 Å². The number of nitrogens with zero attached hydrogens (tertiary/aromatic N) is 3. The number of nitro groups is 1. The van der Waals surface area contributed by atoms with Gasteiger partial charge in [0.15, 0.2) is 0 Å². The van der Waals surface area contributed by atoms with Crippen LogP contribution in [0.15, 0.2) is 42.5 Å². The van der Waals surface area contributed by atoms with Crippen LogP contribution in [0.1, 0.15) is 0 Å². The number of benzene rings is 2. The lowest BCUT2D eigenvalue weighted by molar-refractivity contribution is -0.384. The Hall–Kier alpha value is -3.66. The highest BCUT2D eigenvalue weighted by molar-refractivity contribution is 6.43. The standard InChI is InChI=1S/C20H23N5O5/c1-23-9-11-24(12-10-23)15-5-3-14(4-6-15)21-19(26)20(27)22-17-8-7-16(25(28)29)13-18(17)30-2/h3-8,13H,9-12H2,1-2H3,(H,21,26)(H,22,27). The molecule has 3 rings (SSSR count). The fourth-order valence-corrected chi connectivity index (χ4v) is 3.08. The number of carbonyl (C=O) groups excluding carboxylic acids is 2. The normalized spacial score (nSPS) is 14.1. The van der Waals surface area contributed by atoms with Gasteiger partial charge in [-0.15, -0.1) is 0 Å². The minimum Gasteiger partial charge on any atom is -0.494 e. The summed E-state index contributed by atoms with van der Waals surface area (Å²) < 4.78 is 5.05. The van der Waals surface area contributed by atoms with Crippen molar-refractivity contribution in [1.29, 1.82) is 0 Å². The van der Waals surface area contributed by atoms with Crippen molar-refractivity contribution in [3.8, 4) is 5.75 Å². The highest BCUT2D eigenvalue weighted by Crippen LogP contribution is 2.29. The van der Waals surface area contributed by atoms with Crippen molar-refractivity contribution in [3.05, 3.63) is 52.6 Å².